The van der Waals surface area contributed by atoms with Crippen LogP contribution in [-0.2, 0) is 28.8 Å². The Morgan fingerprint density at radius 1 is 0.600 bits per heavy atom. The molecular weight excluding hydrogens is 518 g/mol. The zero-order valence-corrected chi connectivity index (χ0v) is 25.9. The Morgan fingerprint density at radius 3 is 1.10 bits per heavy atom. The summed E-state index contributed by atoms with van der Waals surface area (Å²) in [6.07, 6.45) is 9.94. The van der Waals surface area contributed by atoms with E-state index >= 15 is 0 Å². The van der Waals surface area contributed by atoms with Crippen molar-refractivity contribution in [2.75, 3.05) is 39.3 Å². The molecule has 0 aromatic heterocycles. The highest BCUT2D eigenvalue weighted by atomic mass is 16.2. The lowest BCUT2D eigenvalue weighted by Crippen LogP contribution is -2.46. The van der Waals surface area contributed by atoms with Gasteiger partial charge in [-0.25, -0.2) is 0 Å². The molecule has 1 saturated carbocycles. The quantitative estimate of drug-likeness (QED) is 0.195. The molecule has 0 aromatic carbocycles. The fourth-order valence-electron chi connectivity index (χ4n) is 2.48. The maximum Gasteiger partial charge on any atom is 0.239 e. The Hall–Kier alpha value is -3.22. The standard InChI is InChI=1S/C12H20N6O6.C7H14.2C3H8.C2H7N/c1-7(19)14-3-9(21)16-5-11(23)18-6-12(24)17-4-10(22)15-2-8(13)20;1-7-5-3-2-4-6-7;2*1-3-2;1-2-3/h2-6H2,1H3,(H2,13,20)(H,14,19)(H,15,22)(H,16,21)(H,17,24)(H,18,23);7H,2-6H2,1H3;2*3H2,1-2H3;2-3H2,1H3. The van der Waals surface area contributed by atoms with E-state index < -0.39 is 36.1 Å². The molecule has 0 bridgehead atoms. The van der Waals surface area contributed by atoms with Crippen molar-refractivity contribution in [3.8, 4) is 0 Å². The maximum absolute atomic E-state index is 11.4. The van der Waals surface area contributed by atoms with Crippen molar-refractivity contribution in [1.29, 1.82) is 0 Å². The normalized spacial score (nSPS) is 11.4. The second-order valence-corrected chi connectivity index (χ2v) is 9.05. The zero-order valence-electron chi connectivity index (χ0n) is 25.9. The Balaban J connectivity index is -0.000000326. The van der Waals surface area contributed by atoms with Crippen LogP contribution in [0.15, 0.2) is 0 Å². The first-order valence-corrected chi connectivity index (χ1v) is 14.1. The SMILES string of the molecule is CC(=O)NCC(=O)NCC(=O)NCC(=O)NCC(=O)NCC(N)=O.CC1CCCCC1.CCC.CCC.CCN. The van der Waals surface area contributed by atoms with Gasteiger partial charge in [-0.05, 0) is 12.5 Å². The summed E-state index contributed by atoms with van der Waals surface area (Å²) in [5.74, 6) is -2.50. The Labute approximate surface area is 241 Å². The molecule has 1 rings (SSSR count). The molecule has 6 amide bonds. The zero-order chi connectivity index (χ0) is 31.8. The fourth-order valence-corrected chi connectivity index (χ4v) is 2.48. The highest BCUT2D eigenvalue weighted by Crippen LogP contribution is 2.22. The molecule has 13 nitrogen and oxygen atoms in total. The van der Waals surface area contributed by atoms with E-state index in [0.29, 0.717) is 0 Å². The largest absolute Gasteiger partial charge is 0.368 e. The molecule has 0 saturated heterocycles. The molecule has 0 unspecified atom stereocenters. The fraction of sp³-hybridized carbons (Fsp3) is 0.778. The maximum atomic E-state index is 11.4. The molecule has 1 aliphatic carbocycles. The number of primary amides is 1. The summed E-state index contributed by atoms with van der Waals surface area (Å²) in [6.45, 7) is 13.0. The van der Waals surface area contributed by atoms with Crippen molar-refractivity contribution in [2.45, 2.75) is 93.4 Å². The van der Waals surface area contributed by atoms with Crippen molar-refractivity contribution in [1.82, 2.24) is 26.6 Å². The summed E-state index contributed by atoms with van der Waals surface area (Å²) >= 11 is 0. The van der Waals surface area contributed by atoms with Gasteiger partial charge in [0.1, 0.15) is 0 Å². The van der Waals surface area contributed by atoms with Crippen LogP contribution in [0.25, 0.3) is 0 Å². The van der Waals surface area contributed by atoms with Crippen LogP contribution in [0.3, 0.4) is 0 Å². The minimum absolute atomic E-state index is 0.260. The summed E-state index contributed by atoms with van der Waals surface area (Å²) in [5.41, 5.74) is 9.67. The van der Waals surface area contributed by atoms with Gasteiger partial charge in [0.2, 0.25) is 35.4 Å². The Morgan fingerprint density at radius 2 is 0.875 bits per heavy atom. The molecule has 0 spiro atoms. The van der Waals surface area contributed by atoms with Crippen LogP contribution in [0.1, 0.15) is 93.4 Å². The van der Waals surface area contributed by atoms with Gasteiger partial charge in [-0.1, -0.05) is 86.5 Å². The first kappa shape index (κ1) is 43.8. The van der Waals surface area contributed by atoms with Gasteiger partial charge in [-0.2, -0.15) is 0 Å². The van der Waals surface area contributed by atoms with Gasteiger partial charge in [-0.3, -0.25) is 28.8 Å². The third-order valence-corrected chi connectivity index (χ3v) is 4.19. The van der Waals surface area contributed by atoms with Crippen molar-refractivity contribution < 1.29 is 28.8 Å². The number of amides is 6. The predicted octanol–water partition coefficient (Wildman–Crippen LogP) is 0.457. The van der Waals surface area contributed by atoms with Gasteiger partial charge in [0.05, 0.1) is 32.7 Å². The van der Waals surface area contributed by atoms with Gasteiger partial charge in [0, 0.05) is 6.92 Å². The number of nitrogens with two attached hydrogens (primary N) is 2. The smallest absolute Gasteiger partial charge is 0.239 e. The lowest BCUT2D eigenvalue weighted by atomic mass is 9.91. The van der Waals surface area contributed by atoms with Crippen LogP contribution in [0.2, 0.25) is 0 Å². The molecule has 1 aliphatic rings. The third kappa shape index (κ3) is 44.8. The summed E-state index contributed by atoms with van der Waals surface area (Å²) < 4.78 is 0. The topological polar surface area (TPSA) is 215 Å². The van der Waals surface area contributed by atoms with Crippen LogP contribution >= 0.6 is 0 Å². The van der Waals surface area contributed by atoms with Crippen LogP contribution in [0.4, 0.5) is 0 Å². The number of hydrogen-bond donors (Lipinski definition) is 7. The third-order valence-electron chi connectivity index (χ3n) is 4.19. The lowest BCUT2D eigenvalue weighted by molar-refractivity contribution is -0.129. The number of carbonyl (C=O) groups is 6. The van der Waals surface area contributed by atoms with Crippen molar-refractivity contribution >= 4 is 35.4 Å². The molecule has 236 valence electrons. The highest BCUT2D eigenvalue weighted by molar-refractivity contribution is 5.91. The van der Waals surface area contributed by atoms with Crippen molar-refractivity contribution in [3.63, 3.8) is 0 Å². The first-order chi connectivity index (χ1) is 18.8. The molecule has 1 fully saturated rings. The average molecular weight is 576 g/mol. The summed E-state index contributed by atoms with van der Waals surface area (Å²) in [7, 11) is 0. The first-order valence-electron chi connectivity index (χ1n) is 14.1. The number of carbonyl (C=O) groups excluding carboxylic acids is 6. The van der Waals surface area contributed by atoms with E-state index in [9.17, 15) is 28.8 Å². The molecule has 13 heteroatoms. The van der Waals surface area contributed by atoms with Crippen LogP contribution < -0.4 is 38.1 Å². The molecule has 40 heavy (non-hydrogen) atoms. The van der Waals surface area contributed by atoms with E-state index in [1.54, 1.807) is 0 Å². The van der Waals surface area contributed by atoms with Crippen molar-refractivity contribution in [2.24, 2.45) is 17.4 Å². The molecule has 0 atom stereocenters. The second-order valence-electron chi connectivity index (χ2n) is 9.05. The Kier molecular flexibility index (Phi) is 37.0. The summed E-state index contributed by atoms with van der Waals surface area (Å²) in [6, 6.07) is 0. The predicted molar refractivity (Wildman–Crippen MR) is 159 cm³/mol. The molecule has 0 heterocycles. The van der Waals surface area contributed by atoms with Gasteiger partial charge in [0.15, 0.2) is 0 Å². The van der Waals surface area contributed by atoms with Gasteiger partial charge >= 0.3 is 0 Å². The van der Waals surface area contributed by atoms with E-state index in [1.807, 2.05) is 6.92 Å². The monoisotopic (exact) mass is 575 g/mol. The minimum atomic E-state index is -0.720. The number of rotatable bonds is 10. The van der Waals surface area contributed by atoms with E-state index in [2.05, 4.69) is 61.2 Å². The van der Waals surface area contributed by atoms with Gasteiger partial charge < -0.3 is 38.1 Å². The van der Waals surface area contributed by atoms with Crippen LogP contribution in [0.5, 0.6) is 0 Å². The average Bonchev–Trinajstić information content (AvgIpc) is 2.89. The molecular formula is C27H57N7O6. The Bertz CT molecular complexity index is 634. The molecule has 9 N–H and O–H groups in total. The second kappa shape index (κ2) is 33.8. The van der Waals surface area contributed by atoms with E-state index in [0.717, 1.165) is 12.5 Å². The van der Waals surface area contributed by atoms with Crippen molar-refractivity contribution in [3.05, 3.63) is 0 Å². The minimum Gasteiger partial charge on any atom is -0.368 e. The number of hydrogen-bond acceptors (Lipinski definition) is 7. The molecule has 0 aromatic rings. The van der Waals surface area contributed by atoms with Gasteiger partial charge in [-0.15, -0.1) is 0 Å². The summed E-state index contributed by atoms with van der Waals surface area (Å²) in [4.78, 5) is 66.2. The van der Waals surface area contributed by atoms with Crippen LogP contribution in [0, 0.1) is 5.92 Å². The molecule has 0 radical (unpaired) electrons. The van der Waals surface area contributed by atoms with E-state index in [-0.39, 0.29) is 32.1 Å². The van der Waals surface area contributed by atoms with Gasteiger partial charge in [0.25, 0.3) is 0 Å². The van der Waals surface area contributed by atoms with Crippen LogP contribution in [-0.4, -0.2) is 74.7 Å². The lowest BCUT2D eigenvalue weighted by Gasteiger charge is -2.15. The summed E-state index contributed by atoms with van der Waals surface area (Å²) in [5, 5.41) is 11.1. The number of nitrogens with one attached hydrogen (secondary N) is 5. The highest BCUT2D eigenvalue weighted by Gasteiger charge is 2.09. The van der Waals surface area contributed by atoms with E-state index in [4.69, 9.17) is 11.5 Å². The molecule has 0 aliphatic heterocycles. The van der Waals surface area contributed by atoms with E-state index in [1.165, 1.54) is 51.9 Å².